The Kier molecular flexibility index (Phi) is 3.69. The van der Waals surface area contributed by atoms with Gasteiger partial charge in [0, 0.05) is 24.5 Å². The van der Waals surface area contributed by atoms with Crippen LogP contribution >= 0.6 is 0 Å². The molecule has 2 rings (SSSR count). The van der Waals surface area contributed by atoms with Crippen molar-refractivity contribution in [1.82, 2.24) is 9.97 Å². The first-order valence-electron chi connectivity index (χ1n) is 4.83. The summed E-state index contributed by atoms with van der Waals surface area (Å²) in [6.07, 6.45) is 2.55. The summed E-state index contributed by atoms with van der Waals surface area (Å²) < 4.78 is 0. The number of nitrogens with zero attached hydrogens (tertiary/aromatic N) is 3. The zero-order chi connectivity index (χ0) is 9.26. The fourth-order valence-corrected chi connectivity index (χ4v) is 1.77. The van der Waals surface area contributed by atoms with E-state index in [0.29, 0.717) is 0 Å². The summed E-state index contributed by atoms with van der Waals surface area (Å²) in [6, 6.07) is 2.01. The number of rotatable bonds is 1. The highest BCUT2D eigenvalue weighted by Gasteiger charge is 2.14. The molecule has 0 aliphatic carbocycles. The summed E-state index contributed by atoms with van der Waals surface area (Å²) in [6.45, 7) is 6.27. The number of aryl methyl sites for hydroxylation is 2. The molecule has 0 atom stereocenters. The maximum Gasteiger partial charge on any atom is 0.225 e. The van der Waals surface area contributed by atoms with Gasteiger partial charge in [0.25, 0.3) is 0 Å². The fourth-order valence-electron chi connectivity index (χ4n) is 1.77. The molecule has 1 aliphatic rings. The molecular weight excluding hydrogens is 198 g/mol. The van der Waals surface area contributed by atoms with E-state index in [4.69, 9.17) is 0 Å². The average molecular weight is 213 g/mol. The van der Waals surface area contributed by atoms with Crippen LogP contribution in [0.15, 0.2) is 6.07 Å². The molecule has 1 saturated heterocycles. The SMILES string of the molecule is Cc1cc(C)nc(N2CCCC2)n1.[Cl-]. The van der Waals surface area contributed by atoms with Gasteiger partial charge in [0.1, 0.15) is 0 Å². The highest BCUT2D eigenvalue weighted by Crippen LogP contribution is 2.15. The van der Waals surface area contributed by atoms with Crippen LogP contribution in [-0.4, -0.2) is 23.1 Å². The molecule has 14 heavy (non-hydrogen) atoms. The van der Waals surface area contributed by atoms with E-state index < -0.39 is 0 Å². The van der Waals surface area contributed by atoms with Crippen molar-refractivity contribution < 1.29 is 12.4 Å². The molecule has 1 aliphatic heterocycles. The lowest BCUT2D eigenvalue weighted by molar-refractivity contribution is -0.00000308. The second-order valence-electron chi connectivity index (χ2n) is 3.64. The third-order valence-electron chi connectivity index (χ3n) is 2.36. The van der Waals surface area contributed by atoms with Crippen molar-refractivity contribution in [2.24, 2.45) is 0 Å². The van der Waals surface area contributed by atoms with Gasteiger partial charge in [-0.2, -0.15) is 0 Å². The summed E-state index contributed by atoms with van der Waals surface area (Å²) in [5.74, 6) is 0.912. The first kappa shape index (κ1) is 11.2. The second kappa shape index (κ2) is 4.60. The monoisotopic (exact) mass is 212 g/mol. The van der Waals surface area contributed by atoms with Gasteiger partial charge in [-0.25, -0.2) is 9.97 Å². The van der Waals surface area contributed by atoms with E-state index in [-0.39, 0.29) is 12.4 Å². The molecule has 0 radical (unpaired) electrons. The highest BCUT2D eigenvalue weighted by molar-refractivity contribution is 5.33. The summed E-state index contributed by atoms with van der Waals surface area (Å²) >= 11 is 0. The van der Waals surface area contributed by atoms with E-state index in [1.807, 2.05) is 19.9 Å². The van der Waals surface area contributed by atoms with E-state index in [0.717, 1.165) is 30.4 Å². The second-order valence-corrected chi connectivity index (χ2v) is 3.64. The first-order chi connectivity index (χ1) is 6.25. The molecule has 3 nitrogen and oxygen atoms in total. The van der Waals surface area contributed by atoms with Gasteiger partial charge >= 0.3 is 0 Å². The Hall–Kier alpha value is -0.830. The van der Waals surface area contributed by atoms with Crippen LogP contribution in [0.1, 0.15) is 24.2 Å². The van der Waals surface area contributed by atoms with Crippen molar-refractivity contribution in [2.45, 2.75) is 26.7 Å². The molecule has 78 valence electrons. The van der Waals surface area contributed by atoms with Crippen LogP contribution in [0.2, 0.25) is 0 Å². The predicted octanol–water partition coefficient (Wildman–Crippen LogP) is -1.30. The van der Waals surface area contributed by atoms with Crippen molar-refractivity contribution in [2.75, 3.05) is 18.0 Å². The Morgan fingerprint density at radius 3 is 2.07 bits per heavy atom. The molecule has 0 aromatic carbocycles. The number of hydrogen-bond donors (Lipinski definition) is 0. The van der Waals surface area contributed by atoms with Gasteiger partial charge in [0.15, 0.2) is 0 Å². The van der Waals surface area contributed by atoms with Gasteiger partial charge in [-0.15, -0.1) is 0 Å². The molecule has 1 aromatic rings. The quantitative estimate of drug-likeness (QED) is 0.580. The van der Waals surface area contributed by atoms with Gasteiger partial charge in [0.05, 0.1) is 0 Å². The minimum atomic E-state index is 0. The third-order valence-corrected chi connectivity index (χ3v) is 2.36. The number of aromatic nitrogens is 2. The normalized spacial score (nSPS) is 15.4. The predicted molar refractivity (Wildman–Crippen MR) is 53.0 cm³/mol. The van der Waals surface area contributed by atoms with Crippen LogP contribution in [0.25, 0.3) is 0 Å². The first-order valence-corrected chi connectivity index (χ1v) is 4.83. The molecule has 0 bridgehead atoms. The van der Waals surface area contributed by atoms with Gasteiger partial charge in [-0.1, -0.05) is 0 Å². The van der Waals surface area contributed by atoms with E-state index in [1.54, 1.807) is 0 Å². The van der Waals surface area contributed by atoms with E-state index in [1.165, 1.54) is 12.8 Å². The topological polar surface area (TPSA) is 29.0 Å². The average Bonchev–Trinajstić information content (AvgIpc) is 2.53. The lowest BCUT2D eigenvalue weighted by Crippen LogP contribution is -3.00. The fraction of sp³-hybridized carbons (Fsp3) is 0.600. The summed E-state index contributed by atoms with van der Waals surface area (Å²) in [5, 5.41) is 0. The lowest BCUT2D eigenvalue weighted by Gasteiger charge is -2.15. The summed E-state index contributed by atoms with van der Waals surface area (Å²) in [5.41, 5.74) is 2.13. The van der Waals surface area contributed by atoms with Crippen LogP contribution < -0.4 is 17.3 Å². The molecule has 1 aromatic heterocycles. The Bertz CT molecular complexity index is 288. The largest absolute Gasteiger partial charge is 1.00 e. The third kappa shape index (κ3) is 2.35. The minimum Gasteiger partial charge on any atom is -1.00 e. The summed E-state index contributed by atoms with van der Waals surface area (Å²) in [4.78, 5) is 11.1. The van der Waals surface area contributed by atoms with Gasteiger partial charge in [-0.05, 0) is 32.8 Å². The standard InChI is InChI=1S/C10H15N3.ClH/c1-8-7-9(2)12-10(11-8)13-5-3-4-6-13;/h7H,3-6H2,1-2H3;1H/p-1. The maximum atomic E-state index is 4.43. The number of hydrogen-bond acceptors (Lipinski definition) is 3. The van der Waals surface area contributed by atoms with Crippen molar-refractivity contribution >= 4 is 5.95 Å². The van der Waals surface area contributed by atoms with Crippen LogP contribution in [0.3, 0.4) is 0 Å². The Balaban J connectivity index is 0.000000980. The molecular formula is C10H15ClN3-. The molecule has 0 saturated carbocycles. The molecule has 0 spiro atoms. The zero-order valence-electron chi connectivity index (χ0n) is 8.63. The number of halogens is 1. The van der Waals surface area contributed by atoms with Gasteiger partial charge in [-0.3, -0.25) is 0 Å². The Morgan fingerprint density at radius 1 is 1.07 bits per heavy atom. The van der Waals surface area contributed by atoms with Gasteiger partial charge < -0.3 is 17.3 Å². The smallest absolute Gasteiger partial charge is 0.225 e. The summed E-state index contributed by atoms with van der Waals surface area (Å²) in [7, 11) is 0. The molecule has 0 unspecified atom stereocenters. The minimum absolute atomic E-state index is 0. The van der Waals surface area contributed by atoms with Crippen molar-refractivity contribution in [3.8, 4) is 0 Å². The molecule has 2 heterocycles. The van der Waals surface area contributed by atoms with Crippen molar-refractivity contribution in [3.63, 3.8) is 0 Å². The number of anilines is 1. The van der Waals surface area contributed by atoms with Crippen molar-refractivity contribution in [3.05, 3.63) is 17.5 Å². The molecule has 0 amide bonds. The zero-order valence-corrected chi connectivity index (χ0v) is 9.38. The van der Waals surface area contributed by atoms with E-state index in [2.05, 4.69) is 14.9 Å². The Labute approximate surface area is 91.0 Å². The lowest BCUT2D eigenvalue weighted by atomic mass is 10.3. The van der Waals surface area contributed by atoms with E-state index in [9.17, 15) is 0 Å². The van der Waals surface area contributed by atoms with E-state index >= 15 is 0 Å². The highest BCUT2D eigenvalue weighted by atomic mass is 35.5. The molecule has 1 fully saturated rings. The molecule has 0 N–H and O–H groups in total. The van der Waals surface area contributed by atoms with Gasteiger partial charge in [0.2, 0.25) is 5.95 Å². The molecule has 4 heteroatoms. The van der Waals surface area contributed by atoms with Crippen LogP contribution in [0, 0.1) is 13.8 Å². The maximum absolute atomic E-state index is 4.43. The van der Waals surface area contributed by atoms with Crippen LogP contribution in [-0.2, 0) is 0 Å². The van der Waals surface area contributed by atoms with Crippen molar-refractivity contribution in [1.29, 1.82) is 0 Å². The van der Waals surface area contributed by atoms with Crippen LogP contribution in [0.5, 0.6) is 0 Å². The van der Waals surface area contributed by atoms with Crippen LogP contribution in [0.4, 0.5) is 5.95 Å². The Morgan fingerprint density at radius 2 is 1.57 bits per heavy atom.